The van der Waals surface area contributed by atoms with Crippen molar-refractivity contribution in [1.82, 2.24) is 0 Å². The molecule has 0 aromatic heterocycles. The van der Waals surface area contributed by atoms with Gasteiger partial charge in [0.15, 0.2) is 0 Å². The lowest BCUT2D eigenvalue weighted by molar-refractivity contribution is 0.596. The number of aryl methyl sites for hydroxylation is 1. The molecular weight excluding hydrogens is 366 g/mol. The number of rotatable bonds is 4. The van der Waals surface area contributed by atoms with Gasteiger partial charge in [0.1, 0.15) is 0 Å². The van der Waals surface area contributed by atoms with Gasteiger partial charge in [0.2, 0.25) is 9.84 Å². The van der Waals surface area contributed by atoms with Crippen molar-refractivity contribution < 1.29 is 8.42 Å². The van der Waals surface area contributed by atoms with Crippen LogP contribution in [0.5, 0.6) is 0 Å². The summed E-state index contributed by atoms with van der Waals surface area (Å²) >= 11 is 1.40. The molecule has 0 radical (unpaired) electrons. The highest BCUT2D eigenvalue weighted by Crippen LogP contribution is 2.39. The number of nitrogen functional groups attached to an aromatic ring is 3. The second-order valence-corrected chi connectivity index (χ2v) is 8.91. The third-order valence-corrected chi connectivity index (χ3v) is 6.85. The Bertz CT molecular complexity index is 1050. The number of anilines is 3. The van der Waals surface area contributed by atoms with Gasteiger partial charge in [-0.3, -0.25) is 0 Å². The fourth-order valence-electron chi connectivity index (χ4n) is 2.43. The minimum Gasteiger partial charge on any atom is -0.399 e. The Hall–Kier alpha value is -2.64. The molecule has 0 amide bonds. The van der Waals surface area contributed by atoms with Crippen LogP contribution in [0.3, 0.4) is 0 Å². The van der Waals surface area contributed by atoms with Crippen LogP contribution >= 0.6 is 11.8 Å². The molecule has 0 spiro atoms. The van der Waals surface area contributed by atoms with Crippen LogP contribution in [0.1, 0.15) is 5.56 Å². The Morgan fingerprint density at radius 3 is 2.00 bits per heavy atom. The summed E-state index contributed by atoms with van der Waals surface area (Å²) in [5, 5.41) is 0. The van der Waals surface area contributed by atoms with Crippen LogP contribution in [0.15, 0.2) is 80.2 Å². The molecule has 7 heteroatoms. The van der Waals surface area contributed by atoms with Crippen molar-refractivity contribution in [1.29, 1.82) is 0 Å². The second-order valence-electron chi connectivity index (χ2n) is 5.88. The third-order valence-electron chi connectivity index (χ3n) is 3.94. The first-order valence-electron chi connectivity index (χ1n) is 7.82. The third kappa shape index (κ3) is 3.49. The van der Waals surface area contributed by atoms with Gasteiger partial charge in [-0.1, -0.05) is 29.5 Å². The SMILES string of the molecule is Cc1ccc(S(=O)(=O)c2ccc(Sc3ccc(N)cc3)c(N)c2N)cc1. The van der Waals surface area contributed by atoms with Gasteiger partial charge in [0.05, 0.1) is 21.2 Å². The number of hydrogen-bond donors (Lipinski definition) is 3. The van der Waals surface area contributed by atoms with E-state index in [4.69, 9.17) is 17.2 Å². The molecule has 3 rings (SSSR count). The highest BCUT2D eigenvalue weighted by molar-refractivity contribution is 7.99. The maximum absolute atomic E-state index is 12.9. The van der Waals surface area contributed by atoms with Gasteiger partial charge in [-0.2, -0.15) is 0 Å². The van der Waals surface area contributed by atoms with Crippen LogP contribution in [0, 0.1) is 6.92 Å². The predicted octanol–water partition coefficient (Wildman–Crippen LogP) is 3.73. The molecule has 0 unspecified atom stereocenters. The van der Waals surface area contributed by atoms with Crippen molar-refractivity contribution in [2.24, 2.45) is 0 Å². The number of benzene rings is 3. The number of nitrogens with two attached hydrogens (primary N) is 3. The van der Waals surface area contributed by atoms with Crippen molar-refractivity contribution >= 4 is 38.7 Å². The summed E-state index contributed by atoms with van der Waals surface area (Å²) in [5.41, 5.74) is 19.8. The van der Waals surface area contributed by atoms with E-state index in [-0.39, 0.29) is 21.2 Å². The molecule has 3 aromatic carbocycles. The molecule has 0 heterocycles. The maximum atomic E-state index is 12.9. The molecule has 0 saturated carbocycles. The van der Waals surface area contributed by atoms with E-state index < -0.39 is 9.84 Å². The Labute approximate surface area is 157 Å². The van der Waals surface area contributed by atoms with Gasteiger partial charge in [0.25, 0.3) is 0 Å². The van der Waals surface area contributed by atoms with E-state index in [1.807, 2.05) is 19.1 Å². The highest BCUT2D eigenvalue weighted by Gasteiger charge is 2.23. The number of sulfone groups is 1. The minimum atomic E-state index is -3.73. The Balaban J connectivity index is 1.99. The van der Waals surface area contributed by atoms with Gasteiger partial charge in [-0.25, -0.2) is 8.42 Å². The minimum absolute atomic E-state index is 0.0144. The summed E-state index contributed by atoms with van der Waals surface area (Å²) in [7, 11) is -3.73. The molecule has 0 bridgehead atoms. The maximum Gasteiger partial charge on any atom is 0.208 e. The van der Waals surface area contributed by atoms with Gasteiger partial charge in [-0.15, -0.1) is 0 Å². The van der Waals surface area contributed by atoms with Crippen LogP contribution in [-0.4, -0.2) is 8.42 Å². The summed E-state index contributed by atoms with van der Waals surface area (Å²) in [6.45, 7) is 1.89. The van der Waals surface area contributed by atoms with Gasteiger partial charge < -0.3 is 17.2 Å². The molecule has 26 heavy (non-hydrogen) atoms. The quantitative estimate of drug-likeness (QED) is 0.590. The highest BCUT2D eigenvalue weighted by atomic mass is 32.2. The lowest BCUT2D eigenvalue weighted by Gasteiger charge is -2.13. The summed E-state index contributed by atoms with van der Waals surface area (Å²) in [6.07, 6.45) is 0. The van der Waals surface area contributed by atoms with E-state index in [9.17, 15) is 8.42 Å². The molecule has 5 nitrogen and oxygen atoms in total. The molecule has 134 valence electrons. The molecular formula is C19H19N3O2S2. The van der Waals surface area contributed by atoms with E-state index in [1.165, 1.54) is 17.8 Å². The summed E-state index contributed by atoms with van der Waals surface area (Å²) in [6, 6.07) is 17.1. The number of hydrogen-bond acceptors (Lipinski definition) is 6. The standard InChI is InChI=1S/C19H19N3O2S2/c1-12-2-8-15(9-3-12)26(23,24)17-11-10-16(18(21)19(17)22)25-14-6-4-13(20)5-7-14/h2-11H,20-22H2,1H3. The van der Waals surface area contributed by atoms with E-state index >= 15 is 0 Å². The van der Waals surface area contributed by atoms with Crippen molar-refractivity contribution in [3.8, 4) is 0 Å². The van der Waals surface area contributed by atoms with E-state index in [1.54, 1.807) is 42.5 Å². The van der Waals surface area contributed by atoms with Gasteiger partial charge >= 0.3 is 0 Å². The Kier molecular flexibility index (Phi) is 4.84. The van der Waals surface area contributed by atoms with Gasteiger partial charge in [0, 0.05) is 15.5 Å². The molecule has 0 saturated heterocycles. The summed E-state index contributed by atoms with van der Waals surface area (Å²) < 4.78 is 25.7. The van der Waals surface area contributed by atoms with Crippen molar-refractivity contribution in [3.05, 3.63) is 66.2 Å². The normalized spacial score (nSPS) is 11.4. The van der Waals surface area contributed by atoms with Crippen LogP contribution in [0.4, 0.5) is 17.1 Å². The monoisotopic (exact) mass is 385 g/mol. The first-order chi connectivity index (χ1) is 12.3. The van der Waals surface area contributed by atoms with Crippen LogP contribution < -0.4 is 17.2 Å². The zero-order chi connectivity index (χ0) is 18.9. The molecule has 6 N–H and O–H groups in total. The molecule has 0 fully saturated rings. The lowest BCUT2D eigenvalue weighted by atomic mass is 10.2. The predicted molar refractivity (Wildman–Crippen MR) is 107 cm³/mol. The van der Waals surface area contributed by atoms with E-state index in [0.29, 0.717) is 10.6 Å². The summed E-state index contributed by atoms with van der Waals surface area (Å²) in [4.78, 5) is 1.82. The van der Waals surface area contributed by atoms with Gasteiger partial charge in [-0.05, 0) is 55.5 Å². The van der Waals surface area contributed by atoms with Crippen molar-refractivity contribution in [2.75, 3.05) is 17.2 Å². The zero-order valence-electron chi connectivity index (χ0n) is 14.1. The second kappa shape index (κ2) is 6.93. The van der Waals surface area contributed by atoms with E-state index in [0.717, 1.165) is 10.5 Å². The zero-order valence-corrected chi connectivity index (χ0v) is 15.8. The molecule has 0 aliphatic rings. The first-order valence-corrected chi connectivity index (χ1v) is 10.1. The first kappa shape index (κ1) is 18.2. The van der Waals surface area contributed by atoms with Crippen LogP contribution in [0.25, 0.3) is 0 Å². The summed E-state index contributed by atoms with van der Waals surface area (Å²) in [5.74, 6) is 0. The fourth-order valence-corrected chi connectivity index (χ4v) is 4.70. The Morgan fingerprint density at radius 1 is 0.769 bits per heavy atom. The van der Waals surface area contributed by atoms with E-state index in [2.05, 4.69) is 0 Å². The largest absolute Gasteiger partial charge is 0.399 e. The Morgan fingerprint density at radius 2 is 1.38 bits per heavy atom. The molecule has 3 aromatic rings. The topological polar surface area (TPSA) is 112 Å². The average molecular weight is 386 g/mol. The molecule has 0 atom stereocenters. The van der Waals surface area contributed by atoms with Crippen LogP contribution in [0.2, 0.25) is 0 Å². The van der Waals surface area contributed by atoms with Crippen LogP contribution in [-0.2, 0) is 9.84 Å². The molecule has 0 aliphatic heterocycles. The van der Waals surface area contributed by atoms with Crippen molar-refractivity contribution in [3.63, 3.8) is 0 Å². The van der Waals surface area contributed by atoms with Crippen molar-refractivity contribution in [2.45, 2.75) is 26.5 Å². The average Bonchev–Trinajstić information content (AvgIpc) is 2.61. The molecule has 0 aliphatic carbocycles. The fraction of sp³-hybridized carbons (Fsp3) is 0.0526. The smallest absolute Gasteiger partial charge is 0.208 e. The lowest BCUT2D eigenvalue weighted by Crippen LogP contribution is -2.08.